The van der Waals surface area contributed by atoms with Crippen molar-refractivity contribution >= 4 is 5.69 Å². The van der Waals surface area contributed by atoms with Crippen LogP contribution in [0.15, 0.2) is 24.3 Å². The van der Waals surface area contributed by atoms with Gasteiger partial charge in [-0.1, -0.05) is 25.1 Å². The Hall–Kier alpha value is -1.06. The van der Waals surface area contributed by atoms with Crippen molar-refractivity contribution in [2.75, 3.05) is 45.2 Å². The molecule has 3 nitrogen and oxygen atoms in total. The molecule has 0 radical (unpaired) electrons. The highest BCUT2D eigenvalue weighted by molar-refractivity contribution is 5.53. The van der Waals surface area contributed by atoms with Gasteiger partial charge in [-0.05, 0) is 45.1 Å². The van der Waals surface area contributed by atoms with E-state index in [4.69, 9.17) is 0 Å². The molecule has 1 aromatic rings. The Morgan fingerprint density at radius 1 is 1.26 bits per heavy atom. The molecule has 2 rings (SSSR count). The third-order valence-corrected chi connectivity index (χ3v) is 3.77. The largest absolute Gasteiger partial charge is 0.369 e. The van der Waals surface area contributed by atoms with Crippen molar-refractivity contribution in [3.8, 4) is 0 Å². The lowest BCUT2D eigenvalue weighted by atomic mass is 10.1. The number of nitrogens with zero attached hydrogens (tertiary/aromatic N) is 2. The summed E-state index contributed by atoms with van der Waals surface area (Å²) in [6.45, 7) is 8.97. The van der Waals surface area contributed by atoms with E-state index in [2.05, 4.69) is 67.3 Å². The monoisotopic (exact) mass is 261 g/mol. The molecule has 0 aromatic heterocycles. The Balaban J connectivity index is 2.15. The first-order chi connectivity index (χ1) is 9.06. The Bertz CT molecular complexity index is 403. The van der Waals surface area contributed by atoms with Gasteiger partial charge in [0.25, 0.3) is 0 Å². The third kappa shape index (κ3) is 3.95. The predicted octanol–water partition coefficient (Wildman–Crippen LogP) is 1.97. The van der Waals surface area contributed by atoms with Crippen molar-refractivity contribution in [2.45, 2.75) is 19.9 Å². The molecule has 0 spiro atoms. The van der Waals surface area contributed by atoms with Crippen LogP contribution in [0.5, 0.6) is 0 Å². The van der Waals surface area contributed by atoms with E-state index in [1.54, 1.807) is 0 Å². The van der Waals surface area contributed by atoms with Gasteiger partial charge in [-0.15, -0.1) is 0 Å². The van der Waals surface area contributed by atoms with Gasteiger partial charge < -0.3 is 15.1 Å². The van der Waals surface area contributed by atoms with Crippen LogP contribution in [0.2, 0.25) is 0 Å². The van der Waals surface area contributed by atoms with Crippen LogP contribution in [0.4, 0.5) is 5.69 Å². The van der Waals surface area contributed by atoms with Crippen LogP contribution in [0.25, 0.3) is 0 Å². The summed E-state index contributed by atoms with van der Waals surface area (Å²) in [5.74, 6) is 0.687. The molecule has 3 heteroatoms. The molecule has 2 unspecified atom stereocenters. The maximum Gasteiger partial charge on any atom is 0.0396 e. The Morgan fingerprint density at radius 3 is 2.68 bits per heavy atom. The maximum atomic E-state index is 3.70. The number of hydrogen-bond donors (Lipinski definition) is 1. The summed E-state index contributed by atoms with van der Waals surface area (Å²) in [6, 6.07) is 9.26. The fraction of sp³-hybridized carbons (Fsp3) is 0.625. The van der Waals surface area contributed by atoms with Gasteiger partial charge in [-0.2, -0.15) is 0 Å². The van der Waals surface area contributed by atoms with Crippen molar-refractivity contribution < 1.29 is 0 Å². The van der Waals surface area contributed by atoms with E-state index in [1.165, 1.54) is 11.3 Å². The summed E-state index contributed by atoms with van der Waals surface area (Å²) in [4.78, 5) is 4.82. The summed E-state index contributed by atoms with van der Waals surface area (Å²) < 4.78 is 0. The fourth-order valence-electron chi connectivity index (χ4n) is 2.89. The SMILES string of the molecule is Cc1ccccc1N1CC(C)CNC(CN(C)C)C1. The lowest BCUT2D eigenvalue weighted by Crippen LogP contribution is -2.44. The standard InChI is InChI=1S/C16H27N3/c1-13-9-17-15(11-18(3)4)12-19(10-13)16-8-6-5-7-14(16)2/h5-8,13,15,17H,9-12H2,1-4H3. The zero-order chi connectivity index (χ0) is 13.8. The number of rotatable bonds is 3. The fourth-order valence-corrected chi connectivity index (χ4v) is 2.89. The van der Waals surface area contributed by atoms with E-state index in [-0.39, 0.29) is 0 Å². The van der Waals surface area contributed by atoms with Crippen molar-refractivity contribution in [3.63, 3.8) is 0 Å². The first kappa shape index (κ1) is 14.4. The van der Waals surface area contributed by atoms with Gasteiger partial charge in [0.1, 0.15) is 0 Å². The van der Waals surface area contributed by atoms with Crippen LogP contribution in [0, 0.1) is 12.8 Å². The van der Waals surface area contributed by atoms with Gasteiger partial charge in [-0.25, -0.2) is 0 Å². The first-order valence-corrected chi connectivity index (χ1v) is 7.25. The second-order valence-corrected chi connectivity index (χ2v) is 6.16. The van der Waals surface area contributed by atoms with Crippen molar-refractivity contribution in [3.05, 3.63) is 29.8 Å². The van der Waals surface area contributed by atoms with Gasteiger partial charge >= 0.3 is 0 Å². The topological polar surface area (TPSA) is 18.5 Å². The lowest BCUT2D eigenvalue weighted by molar-refractivity contribution is 0.342. The Kier molecular flexibility index (Phi) is 4.83. The highest BCUT2D eigenvalue weighted by Crippen LogP contribution is 2.22. The number of anilines is 1. The van der Waals surface area contributed by atoms with E-state index in [1.807, 2.05) is 0 Å². The van der Waals surface area contributed by atoms with Crippen molar-refractivity contribution in [1.82, 2.24) is 10.2 Å². The summed E-state index contributed by atoms with van der Waals surface area (Å²) in [5.41, 5.74) is 2.77. The minimum absolute atomic E-state index is 0.541. The minimum atomic E-state index is 0.541. The molecule has 2 atom stereocenters. The van der Waals surface area contributed by atoms with Gasteiger partial charge in [0.2, 0.25) is 0 Å². The average Bonchev–Trinajstić information content (AvgIpc) is 2.51. The van der Waals surface area contributed by atoms with E-state index in [0.717, 1.165) is 26.2 Å². The van der Waals surface area contributed by atoms with Gasteiger partial charge in [-0.3, -0.25) is 0 Å². The average molecular weight is 261 g/mol. The summed E-state index contributed by atoms with van der Waals surface area (Å²) in [7, 11) is 4.29. The normalized spacial score (nSPS) is 24.6. The molecule has 1 aromatic carbocycles. The molecule has 0 amide bonds. The Labute approximate surface area is 117 Å². The van der Waals surface area contributed by atoms with Gasteiger partial charge in [0.05, 0.1) is 0 Å². The van der Waals surface area contributed by atoms with E-state index in [9.17, 15) is 0 Å². The highest BCUT2D eigenvalue weighted by Gasteiger charge is 2.22. The molecule has 1 aliphatic heterocycles. The van der Waals surface area contributed by atoms with Crippen LogP contribution < -0.4 is 10.2 Å². The Morgan fingerprint density at radius 2 is 2.00 bits per heavy atom. The minimum Gasteiger partial charge on any atom is -0.369 e. The van der Waals surface area contributed by atoms with E-state index >= 15 is 0 Å². The first-order valence-electron chi connectivity index (χ1n) is 7.25. The molecular formula is C16H27N3. The number of hydrogen-bond acceptors (Lipinski definition) is 3. The number of nitrogens with one attached hydrogen (secondary N) is 1. The van der Waals surface area contributed by atoms with Gasteiger partial charge in [0, 0.05) is 31.4 Å². The molecule has 1 saturated heterocycles. The predicted molar refractivity (Wildman–Crippen MR) is 82.9 cm³/mol. The number of likely N-dealkylation sites (N-methyl/N-ethyl adjacent to an activating group) is 1. The number of benzene rings is 1. The molecule has 19 heavy (non-hydrogen) atoms. The zero-order valence-electron chi connectivity index (χ0n) is 12.7. The maximum absolute atomic E-state index is 3.70. The third-order valence-electron chi connectivity index (χ3n) is 3.77. The zero-order valence-corrected chi connectivity index (χ0v) is 12.7. The van der Waals surface area contributed by atoms with E-state index in [0.29, 0.717) is 12.0 Å². The molecule has 1 aliphatic rings. The summed E-state index contributed by atoms with van der Waals surface area (Å²) in [6.07, 6.45) is 0. The molecule has 0 aliphatic carbocycles. The second-order valence-electron chi connectivity index (χ2n) is 6.16. The number of para-hydroxylation sites is 1. The van der Waals surface area contributed by atoms with Crippen LogP contribution in [0.3, 0.4) is 0 Å². The molecular weight excluding hydrogens is 234 g/mol. The van der Waals surface area contributed by atoms with Crippen LogP contribution >= 0.6 is 0 Å². The summed E-state index contributed by atoms with van der Waals surface area (Å²) >= 11 is 0. The van der Waals surface area contributed by atoms with Crippen LogP contribution in [0.1, 0.15) is 12.5 Å². The van der Waals surface area contributed by atoms with Crippen molar-refractivity contribution in [1.29, 1.82) is 0 Å². The molecule has 106 valence electrons. The smallest absolute Gasteiger partial charge is 0.0396 e. The quantitative estimate of drug-likeness (QED) is 0.897. The highest BCUT2D eigenvalue weighted by atomic mass is 15.2. The number of aryl methyl sites for hydroxylation is 1. The van der Waals surface area contributed by atoms with Gasteiger partial charge in [0.15, 0.2) is 0 Å². The molecule has 1 N–H and O–H groups in total. The molecule has 0 saturated carbocycles. The molecule has 0 bridgehead atoms. The van der Waals surface area contributed by atoms with Crippen LogP contribution in [-0.4, -0.2) is 51.2 Å². The molecule has 1 heterocycles. The van der Waals surface area contributed by atoms with Crippen molar-refractivity contribution in [2.24, 2.45) is 5.92 Å². The second kappa shape index (κ2) is 6.40. The lowest BCUT2D eigenvalue weighted by Gasteiger charge is -2.29. The summed E-state index contributed by atoms with van der Waals surface area (Å²) in [5, 5.41) is 3.70. The van der Waals surface area contributed by atoms with E-state index < -0.39 is 0 Å². The van der Waals surface area contributed by atoms with Crippen LogP contribution in [-0.2, 0) is 0 Å². The molecule has 1 fully saturated rings.